The largest absolute Gasteiger partial charge is 0.455 e. The van der Waals surface area contributed by atoms with Gasteiger partial charge in [0.2, 0.25) is 0 Å². The maximum absolute atomic E-state index is 6.38. The average Bonchev–Trinajstić information content (AvgIpc) is 1.95. The van der Waals surface area contributed by atoms with Crippen LogP contribution >= 0.6 is 0 Å². The molecule has 0 aromatic heterocycles. The van der Waals surface area contributed by atoms with Crippen LogP contribution in [0.15, 0.2) is 0 Å². The zero-order valence-corrected chi connectivity index (χ0v) is 13.0. The molecule has 3 nitrogen and oxygen atoms in total. The first-order chi connectivity index (χ1) is 6.68. The summed E-state index contributed by atoms with van der Waals surface area (Å²) in [5.74, 6) is 0. The first kappa shape index (κ1) is 15.3. The fourth-order valence-electron chi connectivity index (χ4n) is 2.14. The molecule has 0 saturated carbocycles. The quantitative estimate of drug-likeness (QED) is 0.678. The van der Waals surface area contributed by atoms with E-state index in [-0.39, 0.29) is 6.04 Å². The molecule has 0 aromatic carbocycles. The third-order valence-electron chi connectivity index (χ3n) is 2.35. The van der Waals surface area contributed by atoms with Crippen molar-refractivity contribution in [2.24, 2.45) is 11.5 Å². The van der Waals surface area contributed by atoms with E-state index in [1.54, 1.807) is 0 Å². The Labute approximate surface area is 96.8 Å². The van der Waals surface area contributed by atoms with Gasteiger partial charge in [-0.15, -0.1) is 0 Å². The van der Waals surface area contributed by atoms with Crippen LogP contribution in [0, 0.1) is 0 Å². The molecule has 0 amide bonds. The Kier molecular flexibility index (Phi) is 6.28. The van der Waals surface area contributed by atoms with Crippen LogP contribution in [0.2, 0.25) is 38.3 Å². The zero-order chi connectivity index (χ0) is 12.1. The second kappa shape index (κ2) is 6.15. The highest BCUT2D eigenvalue weighted by molar-refractivity contribution is 6.84. The predicted octanol–water partition coefficient (Wildman–Crippen LogP) is 2.11. The molecule has 0 saturated heterocycles. The molecule has 4 N–H and O–H groups in total. The van der Waals surface area contributed by atoms with Gasteiger partial charge >= 0.3 is 0 Å². The van der Waals surface area contributed by atoms with E-state index >= 15 is 0 Å². The lowest BCUT2D eigenvalue weighted by Crippen LogP contribution is -2.46. The van der Waals surface area contributed by atoms with Gasteiger partial charge in [-0.25, -0.2) is 0 Å². The summed E-state index contributed by atoms with van der Waals surface area (Å²) < 4.78 is 6.38. The van der Waals surface area contributed by atoms with E-state index in [1.807, 2.05) is 0 Å². The van der Waals surface area contributed by atoms with E-state index in [0.717, 1.165) is 19.0 Å². The summed E-state index contributed by atoms with van der Waals surface area (Å²) in [4.78, 5) is 0. The number of hydrogen-bond acceptors (Lipinski definition) is 3. The lowest BCUT2D eigenvalue weighted by Gasteiger charge is -2.35. The van der Waals surface area contributed by atoms with Crippen molar-refractivity contribution in [2.45, 2.75) is 57.7 Å². The van der Waals surface area contributed by atoms with Crippen LogP contribution in [0.25, 0.3) is 0 Å². The highest BCUT2D eigenvalue weighted by atomic mass is 28.4. The summed E-state index contributed by atoms with van der Waals surface area (Å²) in [6, 6.07) is 2.47. The van der Waals surface area contributed by atoms with Crippen molar-refractivity contribution in [1.82, 2.24) is 0 Å². The molecule has 0 heterocycles. The minimum Gasteiger partial charge on any atom is -0.455 e. The summed E-state index contributed by atoms with van der Waals surface area (Å²) in [5.41, 5.74) is 11.4. The molecular weight excluding hydrogens is 220 g/mol. The van der Waals surface area contributed by atoms with Crippen molar-refractivity contribution in [3.8, 4) is 0 Å². The third kappa shape index (κ3) is 8.16. The Bertz CT molecular complexity index is 184. The van der Waals surface area contributed by atoms with Crippen LogP contribution in [0.4, 0.5) is 0 Å². The van der Waals surface area contributed by atoms with Crippen LogP contribution in [-0.2, 0) is 4.12 Å². The van der Waals surface area contributed by atoms with Gasteiger partial charge in [0.25, 0.3) is 0 Å². The molecule has 5 heteroatoms. The molecule has 1 atom stereocenters. The molecule has 0 bridgehead atoms. The Morgan fingerprint density at radius 2 is 1.67 bits per heavy atom. The topological polar surface area (TPSA) is 61.3 Å². The number of rotatable bonds is 7. The monoisotopic (exact) mass is 248 g/mol. The normalized spacial score (nSPS) is 15.4. The van der Waals surface area contributed by atoms with E-state index in [9.17, 15) is 0 Å². The van der Waals surface area contributed by atoms with Gasteiger partial charge in [-0.3, -0.25) is 0 Å². The fourth-order valence-corrected chi connectivity index (χ4v) is 11.5. The van der Waals surface area contributed by atoms with E-state index < -0.39 is 16.6 Å². The number of hydrogen-bond donors (Lipinski definition) is 2. The highest BCUT2D eigenvalue weighted by Gasteiger charge is 2.32. The van der Waals surface area contributed by atoms with Crippen molar-refractivity contribution in [1.29, 1.82) is 0 Å². The average molecular weight is 249 g/mol. The zero-order valence-electron chi connectivity index (χ0n) is 11.0. The van der Waals surface area contributed by atoms with Crippen LogP contribution < -0.4 is 11.5 Å². The Morgan fingerprint density at radius 1 is 1.13 bits per heavy atom. The summed E-state index contributed by atoms with van der Waals surface area (Å²) in [6.45, 7) is 12.0. The first-order valence-corrected chi connectivity index (χ1v) is 12.1. The van der Waals surface area contributed by atoms with E-state index in [0.29, 0.717) is 0 Å². The van der Waals surface area contributed by atoms with Gasteiger partial charge in [-0.05, 0) is 51.2 Å². The van der Waals surface area contributed by atoms with Crippen LogP contribution in [0.1, 0.15) is 13.3 Å². The minimum atomic E-state index is -1.56. The molecule has 0 spiro atoms. The van der Waals surface area contributed by atoms with Crippen molar-refractivity contribution < 1.29 is 4.12 Å². The Hall–Kier alpha value is 0.314. The smallest absolute Gasteiger partial charge is 0.174 e. The van der Waals surface area contributed by atoms with Gasteiger partial charge in [-0.1, -0.05) is 6.92 Å². The molecule has 0 aliphatic rings. The molecule has 92 valence electrons. The minimum absolute atomic E-state index is 0.256. The maximum atomic E-state index is 6.38. The van der Waals surface area contributed by atoms with Gasteiger partial charge in [-0.2, -0.15) is 0 Å². The maximum Gasteiger partial charge on any atom is 0.174 e. The molecule has 0 aliphatic carbocycles. The van der Waals surface area contributed by atoms with Crippen molar-refractivity contribution in [3.63, 3.8) is 0 Å². The van der Waals surface area contributed by atoms with Gasteiger partial charge in [0.15, 0.2) is 16.6 Å². The van der Waals surface area contributed by atoms with Crippen molar-refractivity contribution >= 4 is 16.6 Å². The van der Waals surface area contributed by atoms with Gasteiger partial charge in [0.05, 0.1) is 0 Å². The van der Waals surface area contributed by atoms with Crippen LogP contribution in [0.3, 0.4) is 0 Å². The van der Waals surface area contributed by atoms with Gasteiger partial charge in [0.1, 0.15) is 0 Å². The van der Waals surface area contributed by atoms with Gasteiger partial charge in [0, 0.05) is 6.04 Å². The first-order valence-electron chi connectivity index (χ1n) is 5.84. The second-order valence-corrected chi connectivity index (χ2v) is 14.5. The van der Waals surface area contributed by atoms with E-state index in [2.05, 4.69) is 33.1 Å². The third-order valence-corrected chi connectivity index (χ3v) is 9.95. The predicted molar refractivity (Wildman–Crippen MR) is 73.0 cm³/mol. The van der Waals surface area contributed by atoms with Crippen LogP contribution in [-0.4, -0.2) is 29.2 Å². The van der Waals surface area contributed by atoms with Crippen molar-refractivity contribution in [3.05, 3.63) is 0 Å². The molecule has 0 aliphatic heterocycles. The molecule has 0 fully saturated rings. The second-order valence-electron chi connectivity index (χ2n) is 5.70. The molecule has 0 aromatic rings. The summed E-state index contributed by atoms with van der Waals surface area (Å²) >= 11 is 0. The van der Waals surface area contributed by atoms with Crippen LogP contribution in [0.5, 0.6) is 0 Å². The molecule has 15 heavy (non-hydrogen) atoms. The Balaban J connectivity index is 4.16. The SMILES string of the molecule is CC(N)C[Si](C)(C)O[Si](C)(C)CCCN. The van der Waals surface area contributed by atoms with Gasteiger partial charge < -0.3 is 15.6 Å². The van der Waals surface area contributed by atoms with E-state index in [4.69, 9.17) is 15.6 Å². The summed E-state index contributed by atoms with van der Waals surface area (Å²) in [6.07, 6.45) is 1.09. The molecule has 1 unspecified atom stereocenters. The standard InChI is InChI=1S/C10H28N2OSi2/c1-10(12)9-15(4,5)13-14(2,3)8-6-7-11/h10H,6-9,11-12H2,1-5H3. The van der Waals surface area contributed by atoms with E-state index in [1.165, 1.54) is 6.04 Å². The lowest BCUT2D eigenvalue weighted by molar-refractivity contribution is 0.526. The molecule has 0 rings (SSSR count). The number of nitrogens with two attached hydrogens (primary N) is 2. The summed E-state index contributed by atoms with van der Waals surface area (Å²) in [5, 5.41) is 0. The summed E-state index contributed by atoms with van der Waals surface area (Å²) in [7, 11) is -3.06. The highest BCUT2D eigenvalue weighted by Crippen LogP contribution is 2.23. The van der Waals surface area contributed by atoms with Crippen molar-refractivity contribution in [2.75, 3.05) is 6.54 Å². The lowest BCUT2D eigenvalue weighted by atomic mass is 10.4. The molecule has 0 radical (unpaired) electrons. The fraction of sp³-hybridized carbons (Fsp3) is 1.00. The molecular formula is C10H28N2OSi2. The Morgan fingerprint density at radius 3 is 2.07 bits per heavy atom.